The smallest absolute Gasteiger partial charge is 0.0885 e. The first-order chi connectivity index (χ1) is 4.13. The second kappa shape index (κ2) is 2.27. The molecule has 1 unspecified atom stereocenters. The minimum absolute atomic E-state index is 0.0851. The van der Waals surface area contributed by atoms with Crippen LogP contribution in [0, 0.1) is 0 Å². The Labute approximate surface area is 56.2 Å². The van der Waals surface area contributed by atoms with Crippen LogP contribution in [0.2, 0.25) is 0 Å². The molecule has 9 heavy (non-hydrogen) atoms. The van der Waals surface area contributed by atoms with E-state index in [2.05, 4.69) is 13.8 Å². The fraction of sp³-hybridized carbons (Fsp3) is 1.00. The van der Waals surface area contributed by atoms with Crippen molar-refractivity contribution in [2.24, 2.45) is 0 Å². The van der Waals surface area contributed by atoms with Crippen LogP contribution in [0.25, 0.3) is 0 Å². The molecule has 1 aliphatic rings. The quantitative estimate of drug-likeness (QED) is 0.490. The van der Waals surface area contributed by atoms with Gasteiger partial charge in [0.2, 0.25) is 0 Å². The molecule has 1 saturated heterocycles. The van der Waals surface area contributed by atoms with Gasteiger partial charge in [-0.25, -0.2) is 0 Å². The predicted octanol–water partition coefficient (Wildman–Crippen LogP) is 1.20. The fourth-order valence-electron chi connectivity index (χ4n) is 0.848. The standard InChI is InChI=1S/C7H14O2/c1-6-7(2,3)9-5-4-8-6/h6H,4-5H2,1-3H3. The van der Waals surface area contributed by atoms with E-state index < -0.39 is 0 Å². The van der Waals surface area contributed by atoms with Crippen molar-refractivity contribution in [1.29, 1.82) is 0 Å². The lowest BCUT2D eigenvalue weighted by Gasteiger charge is -2.36. The monoisotopic (exact) mass is 130 g/mol. The van der Waals surface area contributed by atoms with E-state index in [1.54, 1.807) is 0 Å². The number of hydrogen-bond donors (Lipinski definition) is 0. The third-order valence-electron chi connectivity index (χ3n) is 1.90. The van der Waals surface area contributed by atoms with E-state index >= 15 is 0 Å². The predicted molar refractivity (Wildman–Crippen MR) is 35.4 cm³/mol. The lowest BCUT2D eigenvalue weighted by molar-refractivity contribution is -0.179. The zero-order valence-electron chi connectivity index (χ0n) is 6.31. The molecular weight excluding hydrogens is 116 g/mol. The maximum absolute atomic E-state index is 5.45. The molecule has 0 spiro atoms. The van der Waals surface area contributed by atoms with Crippen molar-refractivity contribution in [1.82, 2.24) is 0 Å². The highest BCUT2D eigenvalue weighted by molar-refractivity contribution is 4.78. The molecule has 54 valence electrons. The Morgan fingerprint density at radius 3 is 2.33 bits per heavy atom. The van der Waals surface area contributed by atoms with Crippen LogP contribution < -0.4 is 0 Å². The van der Waals surface area contributed by atoms with Gasteiger partial charge in [0.05, 0.1) is 24.9 Å². The van der Waals surface area contributed by atoms with Gasteiger partial charge in [0.1, 0.15) is 0 Å². The van der Waals surface area contributed by atoms with Crippen molar-refractivity contribution >= 4 is 0 Å². The maximum atomic E-state index is 5.45. The second-order valence-electron chi connectivity index (χ2n) is 2.96. The first kappa shape index (κ1) is 7.03. The van der Waals surface area contributed by atoms with Gasteiger partial charge in [-0.05, 0) is 20.8 Å². The summed E-state index contributed by atoms with van der Waals surface area (Å²) in [6, 6.07) is 0. The molecule has 0 aromatic heterocycles. The Hall–Kier alpha value is -0.0800. The molecule has 1 fully saturated rings. The molecule has 1 rings (SSSR count). The molecule has 1 atom stereocenters. The van der Waals surface area contributed by atoms with Crippen LogP contribution in [0.3, 0.4) is 0 Å². The highest BCUT2D eigenvalue weighted by Gasteiger charge is 2.30. The summed E-state index contributed by atoms with van der Waals surface area (Å²) in [6.45, 7) is 7.62. The van der Waals surface area contributed by atoms with Gasteiger partial charge in [-0.15, -0.1) is 0 Å². The molecule has 2 heteroatoms. The molecule has 0 radical (unpaired) electrons. The zero-order valence-corrected chi connectivity index (χ0v) is 6.31. The second-order valence-corrected chi connectivity index (χ2v) is 2.96. The molecule has 0 aliphatic carbocycles. The van der Waals surface area contributed by atoms with Crippen molar-refractivity contribution in [3.63, 3.8) is 0 Å². The average molecular weight is 130 g/mol. The van der Waals surface area contributed by atoms with Gasteiger partial charge in [-0.3, -0.25) is 0 Å². The van der Waals surface area contributed by atoms with Crippen LogP contribution in [0.1, 0.15) is 20.8 Å². The summed E-state index contributed by atoms with van der Waals surface area (Å²) in [5, 5.41) is 0. The van der Waals surface area contributed by atoms with Gasteiger partial charge in [0.15, 0.2) is 0 Å². The Morgan fingerprint density at radius 2 is 2.00 bits per heavy atom. The Bertz CT molecular complexity index is 99.1. The first-order valence-electron chi connectivity index (χ1n) is 3.38. The molecule has 1 aliphatic heterocycles. The SMILES string of the molecule is CC1OCCOC1(C)C. The summed E-state index contributed by atoms with van der Waals surface area (Å²) in [6.07, 6.45) is 0.228. The third-order valence-corrected chi connectivity index (χ3v) is 1.90. The van der Waals surface area contributed by atoms with Crippen LogP contribution in [0.5, 0.6) is 0 Å². The molecule has 2 nitrogen and oxygen atoms in total. The Morgan fingerprint density at radius 1 is 1.33 bits per heavy atom. The highest BCUT2D eigenvalue weighted by Crippen LogP contribution is 2.20. The van der Waals surface area contributed by atoms with Gasteiger partial charge in [-0.1, -0.05) is 0 Å². The summed E-state index contributed by atoms with van der Waals surface area (Å²) in [5.74, 6) is 0. The number of hydrogen-bond acceptors (Lipinski definition) is 2. The first-order valence-corrected chi connectivity index (χ1v) is 3.38. The van der Waals surface area contributed by atoms with Gasteiger partial charge in [0, 0.05) is 0 Å². The van der Waals surface area contributed by atoms with Crippen LogP contribution >= 0.6 is 0 Å². The van der Waals surface area contributed by atoms with Crippen molar-refractivity contribution in [2.45, 2.75) is 32.5 Å². The van der Waals surface area contributed by atoms with E-state index in [0.29, 0.717) is 0 Å². The van der Waals surface area contributed by atoms with Crippen molar-refractivity contribution in [2.75, 3.05) is 13.2 Å². The van der Waals surface area contributed by atoms with E-state index in [0.717, 1.165) is 13.2 Å². The zero-order chi connectivity index (χ0) is 6.91. The van der Waals surface area contributed by atoms with Crippen LogP contribution in [-0.4, -0.2) is 24.9 Å². The van der Waals surface area contributed by atoms with E-state index in [4.69, 9.17) is 9.47 Å². The molecule has 0 aromatic rings. The molecule has 0 bridgehead atoms. The van der Waals surface area contributed by atoms with E-state index in [9.17, 15) is 0 Å². The molecule has 1 heterocycles. The van der Waals surface area contributed by atoms with Crippen LogP contribution in [0.4, 0.5) is 0 Å². The van der Waals surface area contributed by atoms with E-state index in [-0.39, 0.29) is 11.7 Å². The molecular formula is C7H14O2. The lowest BCUT2D eigenvalue weighted by Crippen LogP contribution is -2.44. The summed E-state index contributed by atoms with van der Waals surface area (Å²) >= 11 is 0. The third kappa shape index (κ3) is 1.43. The molecule has 0 N–H and O–H groups in total. The minimum Gasteiger partial charge on any atom is -0.373 e. The van der Waals surface area contributed by atoms with Crippen molar-refractivity contribution in [3.8, 4) is 0 Å². The van der Waals surface area contributed by atoms with Crippen molar-refractivity contribution < 1.29 is 9.47 Å². The summed E-state index contributed by atoms with van der Waals surface area (Å²) < 4.78 is 10.8. The fourth-order valence-corrected chi connectivity index (χ4v) is 0.848. The maximum Gasteiger partial charge on any atom is 0.0885 e. The highest BCUT2D eigenvalue weighted by atomic mass is 16.6. The average Bonchev–Trinajstić information content (AvgIpc) is 1.77. The lowest BCUT2D eigenvalue weighted by atomic mass is 10.0. The summed E-state index contributed by atoms with van der Waals surface area (Å²) in [5.41, 5.74) is -0.0851. The largest absolute Gasteiger partial charge is 0.373 e. The topological polar surface area (TPSA) is 18.5 Å². The normalized spacial score (nSPS) is 34.3. The number of rotatable bonds is 0. The minimum atomic E-state index is -0.0851. The van der Waals surface area contributed by atoms with Crippen LogP contribution in [-0.2, 0) is 9.47 Å². The van der Waals surface area contributed by atoms with Gasteiger partial charge >= 0.3 is 0 Å². The molecule has 0 saturated carbocycles. The van der Waals surface area contributed by atoms with E-state index in [1.165, 1.54) is 0 Å². The van der Waals surface area contributed by atoms with Crippen LogP contribution in [0.15, 0.2) is 0 Å². The molecule has 0 aromatic carbocycles. The Balaban J connectivity index is 2.49. The number of ether oxygens (including phenoxy) is 2. The van der Waals surface area contributed by atoms with Gasteiger partial charge in [0.25, 0.3) is 0 Å². The van der Waals surface area contributed by atoms with E-state index in [1.807, 2.05) is 6.92 Å². The summed E-state index contributed by atoms with van der Waals surface area (Å²) in [7, 11) is 0. The van der Waals surface area contributed by atoms with Gasteiger partial charge in [-0.2, -0.15) is 0 Å². The summed E-state index contributed by atoms with van der Waals surface area (Å²) in [4.78, 5) is 0. The van der Waals surface area contributed by atoms with Gasteiger partial charge < -0.3 is 9.47 Å². The van der Waals surface area contributed by atoms with Crippen molar-refractivity contribution in [3.05, 3.63) is 0 Å². The Kier molecular flexibility index (Phi) is 1.78. The molecule has 0 amide bonds.